The molecule has 0 unspecified atom stereocenters. The van der Waals surface area contributed by atoms with Crippen molar-refractivity contribution in [1.82, 2.24) is 5.32 Å². The average molecular weight is 375 g/mol. The molecule has 0 atom stereocenters. The molecular weight excluding hydrogens is 354 g/mol. The number of esters is 1. The smallest absolute Gasteiger partial charge is 0.331 e. The third-order valence-electron chi connectivity index (χ3n) is 3.30. The summed E-state index contributed by atoms with van der Waals surface area (Å²) in [7, 11) is 1.25. The van der Waals surface area contributed by atoms with Gasteiger partial charge in [-0.25, -0.2) is 4.79 Å². The van der Waals surface area contributed by atoms with Gasteiger partial charge in [-0.1, -0.05) is 13.8 Å². The first-order valence-electron chi connectivity index (χ1n) is 8.10. The van der Waals surface area contributed by atoms with Gasteiger partial charge in [-0.15, -0.1) is 5.10 Å². The first kappa shape index (κ1) is 19.7. The average Bonchev–Trinajstić information content (AvgIpc) is 2.95. The van der Waals surface area contributed by atoms with Gasteiger partial charge in [0.2, 0.25) is 0 Å². The lowest BCUT2D eigenvalue weighted by atomic mass is 10.1. The molecule has 0 aromatic heterocycles. The van der Waals surface area contributed by atoms with E-state index < -0.39 is 11.9 Å². The highest BCUT2D eigenvalue weighted by molar-refractivity contribution is 8.18. The highest BCUT2D eigenvalue weighted by atomic mass is 32.2. The normalized spacial score (nSPS) is 17.3. The van der Waals surface area contributed by atoms with Crippen molar-refractivity contribution < 1.29 is 19.1 Å². The second-order valence-corrected chi connectivity index (χ2v) is 6.87. The van der Waals surface area contributed by atoms with E-state index in [4.69, 9.17) is 4.74 Å². The maximum atomic E-state index is 11.7. The minimum atomic E-state index is -0.594. The number of thioether (sulfide) groups is 1. The summed E-state index contributed by atoms with van der Waals surface area (Å²) >= 11 is 1.03. The minimum absolute atomic E-state index is 0.216. The summed E-state index contributed by atoms with van der Waals surface area (Å²) in [5, 5.41) is 10.7. The number of amidine groups is 1. The number of nitrogens with one attached hydrogen (secondary N) is 1. The number of nitrogens with zero attached hydrogens (tertiary/aromatic N) is 2. The van der Waals surface area contributed by atoms with E-state index in [2.05, 4.69) is 34.1 Å². The molecule has 1 aliphatic heterocycles. The molecule has 1 fully saturated rings. The zero-order valence-electron chi connectivity index (χ0n) is 14.9. The van der Waals surface area contributed by atoms with Crippen molar-refractivity contribution >= 4 is 35.0 Å². The highest BCUT2D eigenvalue weighted by Crippen LogP contribution is 2.23. The first-order chi connectivity index (χ1) is 12.5. The maximum Gasteiger partial charge on any atom is 0.331 e. The summed E-state index contributed by atoms with van der Waals surface area (Å²) in [6.07, 6.45) is 3.69. The van der Waals surface area contributed by atoms with Crippen LogP contribution in [0.15, 0.2) is 45.4 Å². The van der Waals surface area contributed by atoms with E-state index in [1.807, 2.05) is 24.3 Å². The Morgan fingerprint density at radius 3 is 2.69 bits per heavy atom. The third-order valence-corrected chi connectivity index (χ3v) is 4.20. The van der Waals surface area contributed by atoms with Crippen molar-refractivity contribution in [2.45, 2.75) is 20.3 Å². The van der Waals surface area contributed by atoms with Gasteiger partial charge in [0.25, 0.3) is 5.91 Å². The fourth-order valence-electron chi connectivity index (χ4n) is 1.85. The zero-order chi connectivity index (χ0) is 18.9. The van der Waals surface area contributed by atoms with Gasteiger partial charge in [0.1, 0.15) is 5.75 Å². The topological polar surface area (TPSA) is 89.3 Å². The van der Waals surface area contributed by atoms with Crippen LogP contribution in [0.3, 0.4) is 0 Å². The van der Waals surface area contributed by atoms with Gasteiger partial charge in [-0.3, -0.25) is 10.1 Å². The number of carbonyl (C=O) groups is 2. The predicted octanol–water partition coefficient (Wildman–Crippen LogP) is 2.72. The van der Waals surface area contributed by atoms with Crippen LogP contribution in [0, 0.1) is 5.92 Å². The fourth-order valence-corrected chi connectivity index (χ4v) is 2.59. The molecule has 1 saturated heterocycles. The zero-order valence-corrected chi connectivity index (χ0v) is 15.7. The molecule has 1 aliphatic rings. The predicted molar refractivity (Wildman–Crippen MR) is 102 cm³/mol. The standard InChI is InChI=1S/C18H21N3O4S/c1-12(2)8-9-25-14-6-4-13(5-7-14)11-19-21-18-20-17(23)15(26-18)10-16(22)24-3/h4-7,10-12H,8-9H2,1-3H3,(H,20,21,23)/b15-10+,19-11?. The number of hydrogen-bond donors (Lipinski definition) is 1. The second-order valence-electron chi connectivity index (χ2n) is 5.84. The van der Waals surface area contributed by atoms with Gasteiger partial charge in [0.05, 0.1) is 24.8 Å². The molecule has 1 N–H and O–H groups in total. The van der Waals surface area contributed by atoms with Crippen LogP contribution in [0.1, 0.15) is 25.8 Å². The molecule has 0 saturated carbocycles. The number of rotatable bonds is 7. The van der Waals surface area contributed by atoms with E-state index in [-0.39, 0.29) is 4.91 Å². The summed E-state index contributed by atoms with van der Waals surface area (Å²) in [6.45, 7) is 5.00. The second kappa shape index (κ2) is 9.76. The number of hydrogen-bond acceptors (Lipinski definition) is 7. The summed E-state index contributed by atoms with van der Waals surface area (Å²) in [4.78, 5) is 23.1. The van der Waals surface area contributed by atoms with Crippen LogP contribution >= 0.6 is 11.8 Å². The Bertz CT molecular complexity index is 739. The number of carbonyl (C=O) groups excluding carboxylic acids is 2. The van der Waals surface area contributed by atoms with Crippen molar-refractivity contribution in [3.8, 4) is 5.75 Å². The summed E-state index contributed by atoms with van der Waals surface area (Å²) in [5.41, 5.74) is 0.852. The van der Waals surface area contributed by atoms with E-state index in [1.54, 1.807) is 6.21 Å². The quantitative estimate of drug-likeness (QED) is 0.343. The molecule has 1 aromatic carbocycles. The minimum Gasteiger partial charge on any atom is -0.494 e. The van der Waals surface area contributed by atoms with Crippen LogP contribution in [0.2, 0.25) is 0 Å². The largest absolute Gasteiger partial charge is 0.494 e. The summed E-state index contributed by atoms with van der Waals surface area (Å²) in [6, 6.07) is 7.49. The molecular formula is C18H21N3O4S. The summed E-state index contributed by atoms with van der Waals surface area (Å²) < 4.78 is 10.1. The molecule has 2 rings (SSSR count). The maximum absolute atomic E-state index is 11.7. The molecule has 1 heterocycles. The Morgan fingerprint density at radius 1 is 1.31 bits per heavy atom. The molecule has 26 heavy (non-hydrogen) atoms. The van der Waals surface area contributed by atoms with Crippen molar-refractivity contribution in [2.24, 2.45) is 16.1 Å². The number of amides is 1. The lowest BCUT2D eigenvalue weighted by molar-refractivity contribution is -0.135. The van der Waals surface area contributed by atoms with Crippen molar-refractivity contribution in [2.75, 3.05) is 13.7 Å². The van der Waals surface area contributed by atoms with Crippen LogP contribution in [0.25, 0.3) is 0 Å². The van der Waals surface area contributed by atoms with E-state index in [0.717, 1.165) is 35.6 Å². The lowest BCUT2D eigenvalue weighted by Crippen LogP contribution is -2.19. The Hall–Kier alpha value is -2.61. The molecule has 8 heteroatoms. The van der Waals surface area contributed by atoms with E-state index >= 15 is 0 Å². The molecule has 0 radical (unpaired) electrons. The molecule has 1 amide bonds. The fraction of sp³-hybridized carbons (Fsp3) is 0.333. The molecule has 0 aliphatic carbocycles. The van der Waals surface area contributed by atoms with Crippen LogP contribution < -0.4 is 10.1 Å². The summed E-state index contributed by atoms with van der Waals surface area (Å²) in [5.74, 6) is 0.420. The monoisotopic (exact) mass is 375 g/mol. The Labute approximate surface area is 156 Å². The van der Waals surface area contributed by atoms with E-state index in [0.29, 0.717) is 17.7 Å². The Kier molecular flexibility index (Phi) is 7.40. The van der Waals surface area contributed by atoms with Gasteiger partial charge >= 0.3 is 5.97 Å². The lowest BCUT2D eigenvalue weighted by Gasteiger charge is -2.07. The van der Waals surface area contributed by atoms with Crippen LogP contribution in [-0.2, 0) is 14.3 Å². The van der Waals surface area contributed by atoms with Gasteiger partial charge < -0.3 is 9.47 Å². The molecule has 7 nitrogen and oxygen atoms in total. The van der Waals surface area contributed by atoms with E-state index in [1.165, 1.54) is 7.11 Å². The van der Waals surface area contributed by atoms with Crippen molar-refractivity contribution in [1.29, 1.82) is 0 Å². The Morgan fingerprint density at radius 2 is 2.04 bits per heavy atom. The van der Waals surface area contributed by atoms with Crippen molar-refractivity contribution in [3.05, 3.63) is 40.8 Å². The number of methoxy groups -OCH3 is 1. The van der Waals surface area contributed by atoms with Gasteiger partial charge in [-0.2, -0.15) is 5.10 Å². The molecule has 0 spiro atoms. The van der Waals surface area contributed by atoms with Gasteiger partial charge in [0.15, 0.2) is 5.17 Å². The van der Waals surface area contributed by atoms with Gasteiger partial charge in [0, 0.05) is 6.08 Å². The Balaban J connectivity index is 1.90. The number of ether oxygens (including phenoxy) is 2. The van der Waals surface area contributed by atoms with Gasteiger partial charge in [-0.05, 0) is 53.9 Å². The molecule has 0 bridgehead atoms. The van der Waals surface area contributed by atoms with Crippen LogP contribution in [0.5, 0.6) is 5.75 Å². The van der Waals surface area contributed by atoms with Crippen LogP contribution in [-0.4, -0.2) is 37.0 Å². The van der Waals surface area contributed by atoms with Crippen LogP contribution in [0.4, 0.5) is 0 Å². The number of benzene rings is 1. The SMILES string of the molecule is COC(=O)/C=C1/S/C(=N\N=Cc2ccc(OCCC(C)C)cc2)NC1=O. The first-order valence-corrected chi connectivity index (χ1v) is 8.92. The molecule has 1 aromatic rings. The highest BCUT2D eigenvalue weighted by Gasteiger charge is 2.24. The van der Waals surface area contributed by atoms with E-state index in [9.17, 15) is 9.59 Å². The van der Waals surface area contributed by atoms with Crippen molar-refractivity contribution in [3.63, 3.8) is 0 Å². The molecule has 138 valence electrons. The third kappa shape index (κ3) is 6.36.